The molecule has 1 heterocycles. The summed E-state index contributed by atoms with van der Waals surface area (Å²) in [6, 6.07) is 3.45. The van der Waals surface area contributed by atoms with Crippen LogP contribution in [0.2, 0.25) is 0 Å². The third-order valence-corrected chi connectivity index (χ3v) is 2.93. The van der Waals surface area contributed by atoms with Crippen molar-refractivity contribution in [3.63, 3.8) is 0 Å². The van der Waals surface area contributed by atoms with Crippen molar-refractivity contribution < 1.29 is 0 Å². The van der Waals surface area contributed by atoms with Crippen LogP contribution >= 0.6 is 11.8 Å². The molecule has 0 radical (unpaired) electrons. The average molecular weight is 212 g/mol. The first-order valence-corrected chi connectivity index (χ1v) is 5.94. The molecule has 0 atom stereocenters. The molecule has 0 amide bonds. The Morgan fingerprint density at radius 3 is 3.07 bits per heavy atom. The number of anilines is 1. The van der Waals surface area contributed by atoms with Gasteiger partial charge < -0.3 is 10.3 Å². The maximum Gasteiger partial charge on any atom is 0.273 e. The maximum absolute atomic E-state index is 11.5. The molecule has 1 aromatic heterocycles. The second-order valence-electron chi connectivity index (χ2n) is 3.01. The number of aryl methyl sites for hydroxylation is 1. The number of hydrogen-bond donors (Lipinski definition) is 1. The Morgan fingerprint density at radius 2 is 2.36 bits per heavy atom. The molecule has 0 aliphatic carbocycles. The van der Waals surface area contributed by atoms with Gasteiger partial charge in [0.05, 0.1) is 5.69 Å². The molecule has 0 aliphatic heterocycles. The van der Waals surface area contributed by atoms with E-state index in [0.717, 1.165) is 24.5 Å². The van der Waals surface area contributed by atoms with E-state index in [0.29, 0.717) is 5.69 Å². The molecule has 0 fully saturated rings. The molecule has 1 rings (SSSR count). The van der Waals surface area contributed by atoms with Gasteiger partial charge in [0.25, 0.3) is 5.56 Å². The summed E-state index contributed by atoms with van der Waals surface area (Å²) in [6.45, 7) is 2.90. The SMILES string of the molecule is CCSCCCn1cccc(N)c1=O. The summed E-state index contributed by atoms with van der Waals surface area (Å²) in [4.78, 5) is 11.5. The molecule has 0 spiro atoms. The van der Waals surface area contributed by atoms with E-state index in [4.69, 9.17) is 5.73 Å². The summed E-state index contributed by atoms with van der Waals surface area (Å²) in [5, 5.41) is 0. The Labute approximate surface area is 88.3 Å². The van der Waals surface area contributed by atoms with Crippen molar-refractivity contribution in [2.45, 2.75) is 19.9 Å². The second kappa shape index (κ2) is 5.75. The number of nitrogens with zero attached hydrogens (tertiary/aromatic N) is 1. The van der Waals surface area contributed by atoms with Crippen LogP contribution in [0, 0.1) is 0 Å². The van der Waals surface area contributed by atoms with E-state index < -0.39 is 0 Å². The lowest BCUT2D eigenvalue weighted by molar-refractivity contribution is 0.660. The van der Waals surface area contributed by atoms with E-state index in [9.17, 15) is 4.79 Å². The van der Waals surface area contributed by atoms with Crippen LogP contribution in [0.5, 0.6) is 0 Å². The molecule has 0 unspecified atom stereocenters. The Bertz CT molecular complexity index is 335. The fourth-order valence-corrected chi connectivity index (χ4v) is 1.83. The summed E-state index contributed by atoms with van der Waals surface area (Å²) in [5.41, 5.74) is 5.77. The van der Waals surface area contributed by atoms with Crippen molar-refractivity contribution in [1.82, 2.24) is 4.57 Å². The molecule has 1 aromatic rings. The lowest BCUT2D eigenvalue weighted by Crippen LogP contribution is -2.22. The molecule has 0 saturated carbocycles. The largest absolute Gasteiger partial charge is 0.394 e. The minimum absolute atomic E-state index is 0.0750. The van der Waals surface area contributed by atoms with Gasteiger partial charge in [-0.15, -0.1) is 0 Å². The van der Waals surface area contributed by atoms with Crippen LogP contribution < -0.4 is 11.3 Å². The summed E-state index contributed by atoms with van der Waals surface area (Å²) in [6.07, 6.45) is 2.80. The second-order valence-corrected chi connectivity index (χ2v) is 4.41. The lowest BCUT2D eigenvalue weighted by Gasteiger charge is -2.05. The molecule has 78 valence electrons. The monoisotopic (exact) mass is 212 g/mol. The predicted molar refractivity (Wildman–Crippen MR) is 62.7 cm³/mol. The zero-order chi connectivity index (χ0) is 10.4. The number of nitrogen functional groups attached to an aromatic ring is 1. The van der Waals surface area contributed by atoms with Crippen LogP contribution in [0.25, 0.3) is 0 Å². The molecule has 4 heteroatoms. The molecular weight excluding hydrogens is 196 g/mol. The quantitative estimate of drug-likeness (QED) is 0.754. The van der Waals surface area contributed by atoms with E-state index in [2.05, 4.69) is 6.92 Å². The van der Waals surface area contributed by atoms with Gasteiger partial charge in [0.2, 0.25) is 0 Å². The Kier molecular flexibility index (Phi) is 4.59. The molecular formula is C10H16N2OS. The fourth-order valence-electron chi connectivity index (χ4n) is 1.21. The van der Waals surface area contributed by atoms with Gasteiger partial charge in [-0.25, -0.2) is 0 Å². The van der Waals surface area contributed by atoms with Gasteiger partial charge >= 0.3 is 0 Å². The first-order chi connectivity index (χ1) is 6.75. The fraction of sp³-hybridized carbons (Fsp3) is 0.500. The van der Waals surface area contributed by atoms with Crippen molar-refractivity contribution in [3.8, 4) is 0 Å². The van der Waals surface area contributed by atoms with Crippen molar-refractivity contribution >= 4 is 17.4 Å². The van der Waals surface area contributed by atoms with Crippen LogP contribution in [-0.4, -0.2) is 16.1 Å². The molecule has 0 saturated heterocycles. The third-order valence-electron chi connectivity index (χ3n) is 1.94. The number of pyridine rings is 1. The van der Waals surface area contributed by atoms with Crippen LogP contribution in [0.15, 0.2) is 23.1 Å². The van der Waals surface area contributed by atoms with Crippen molar-refractivity contribution in [2.24, 2.45) is 0 Å². The zero-order valence-corrected chi connectivity index (χ0v) is 9.22. The minimum atomic E-state index is -0.0750. The number of aromatic nitrogens is 1. The van der Waals surface area contributed by atoms with Crippen molar-refractivity contribution in [2.75, 3.05) is 17.2 Å². The normalized spacial score (nSPS) is 10.4. The highest BCUT2D eigenvalue weighted by atomic mass is 32.2. The van der Waals surface area contributed by atoms with Gasteiger partial charge in [0.15, 0.2) is 0 Å². The van der Waals surface area contributed by atoms with E-state index >= 15 is 0 Å². The molecule has 3 nitrogen and oxygen atoms in total. The standard InChI is InChI=1S/C10H16N2OS/c1-2-14-8-4-7-12-6-3-5-9(11)10(12)13/h3,5-6H,2,4,7-8,11H2,1H3. The minimum Gasteiger partial charge on any atom is -0.394 e. The topological polar surface area (TPSA) is 48.0 Å². The van der Waals surface area contributed by atoms with E-state index in [1.807, 2.05) is 17.8 Å². The van der Waals surface area contributed by atoms with Gasteiger partial charge in [-0.2, -0.15) is 11.8 Å². The summed E-state index contributed by atoms with van der Waals surface area (Å²) in [7, 11) is 0. The Morgan fingerprint density at radius 1 is 1.57 bits per heavy atom. The zero-order valence-electron chi connectivity index (χ0n) is 8.40. The first-order valence-electron chi connectivity index (χ1n) is 4.78. The Hall–Kier alpha value is -0.900. The Balaban J connectivity index is 2.51. The number of nitrogens with two attached hydrogens (primary N) is 1. The van der Waals surface area contributed by atoms with E-state index in [1.54, 1.807) is 16.8 Å². The molecule has 0 bridgehead atoms. The van der Waals surface area contributed by atoms with Crippen molar-refractivity contribution in [3.05, 3.63) is 28.7 Å². The number of rotatable bonds is 5. The van der Waals surface area contributed by atoms with Gasteiger partial charge in [-0.05, 0) is 30.1 Å². The number of hydrogen-bond acceptors (Lipinski definition) is 3. The van der Waals surface area contributed by atoms with E-state index in [-0.39, 0.29) is 5.56 Å². The highest BCUT2D eigenvalue weighted by Crippen LogP contribution is 2.02. The van der Waals surface area contributed by atoms with Crippen molar-refractivity contribution in [1.29, 1.82) is 0 Å². The average Bonchev–Trinajstić information content (AvgIpc) is 2.19. The van der Waals surface area contributed by atoms with Gasteiger partial charge in [0, 0.05) is 12.7 Å². The van der Waals surface area contributed by atoms with Gasteiger partial charge in [-0.1, -0.05) is 6.92 Å². The third kappa shape index (κ3) is 3.10. The highest BCUT2D eigenvalue weighted by molar-refractivity contribution is 7.99. The van der Waals surface area contributed by atoms with Gasteiger partial charge in [-0.3, -0.25) is 4.79 Å². The maximum atomic E-state index is 11.5. The molecule has 0 aromatic carbocycles. The summed E-state index contributed by atoms with van der Waals surface area (Å²) in [5.74, 6) is 2.23. The number of thioether (sulfide) groups is 1. The first kappa shape index (κ1) is 11.2. The summed E-state index contributed by atoms with van der Waals surface area (Å²) >= 11 is 1.89. The molecule has 2 N–H and O–H groups in total. The van der Waals surface area contributed by atoms with E-state index in [1.165, 1.54) is 0 Å². The summed E-state index contributed by atoms with van der Waals surface area (Å²) < 4.78 is 1.67. The predicted octanol–water partition coefficient (Wildman–Crippen LogP) is 1.57. The smallest absolute Gasteiger partial charge is 0.273 e. The molecule has 0 aliphatic rings. The van der Waals surface area contributed by atoms with Crippen LogP contribution in [-0.2, 0) is 6.54 Å². The van der Waals surface area contributed by atoms with Crippen LogP contribution in [0.1, 0.15) is 13.3 Å². The highest BCUT2D eigenvalue weighted by Gasteiger charge is 1.98. The van der Waals surface area contributed by atoms with Gasteiger partial charge in [0.1, 0.15) is 0 Å². The van der Waals surface area contributed by atoms with Crippen LogP contribution in [0.3, 0.4) is 0 Å². The lowest BCUT2D eigenvalue weighted by atomic mass is 10.4. The van der Waals surface area contributed by atoms with Crippen LogP contribution in [0.4, 0.5) is 5.69 Å². The molecule has 14 heavy (non-hydrogen) atoms.